The Kier molecular flexibility index (Phi) is 6.21. The largest absolute Gasteiger partial charge is 0.351 e. The summed E-state index contributed by atoms with van der Waals surface area (Å²) in [5, 5.41) is 6.25. The molecule has 4 heteroatoms. The average molecular weight is 289 g/mol. The lowest BCUT2D eigenvalue weighted by molar-refractivity contribution is -0.120. The Morgan fingerprint density at radius 2 is 1.86 bits per heavy atom. The third-order valence-corrected chi connectivity index (χ3v) is 4.01. The first-order valence-electron chi connectivity index (χ1n) is 8.02. The van der Waals surface area contributed by atoms with Gasteiger partial charge in [-0.05, 0) is 37.1 Å². The first kappa shape index (κ1) is 16.0. The topological polar surface area (TPSA) is 44.4 Å². The fraction of sp³-hybridized carbons (Fsp3) is 0.588. The fourth-order valence-electron chi connectivity index (χ4n) is 2.35. The maximum Gasteiger partial charge on any atom is 0.234 e. The molecule has 0 aliphatic heterocycles. The van der Waals surface area contributed by atoms with Gasteiger partial charge in [-0.15, -0.1) is 0 Å². The van der Waals surface area contributed by atoms with Crippen molar-refractivity contribution in [2.24, 2.45) is 0 Å². The summed E-state index contributed by atoms with van der Waals surface area (Å²) in [5.74, 6) is 0.0829. The molecule has 21 heavy (non-hydrogen) atoms. The number of nitrogens with zero attached hydrogens (tertiary/aromatic N) is 1. The quantitative estimate of drug-likeness (QED) is 0.730. The molecule has 2 N–H and O–H groups in total. The number of benzene rings is 1. The molecule has 0 unspecified atom stereocenters. The van der Waals surface area contributed by atoms with Crippen molar-refractivity contribution < 1.29 is 4.79 Å². The van der Waals surface area contributed by atoms with Crippen LogP contribution in [0.15, 0.2) is 24.3 Å². The first-order chi connectivity index (χ1) is 10.2. The lowest BCUT2D eigenvalue weighted by atomic mass is 10.1. The van der Waals surface area contributed by atoms with Crippen LogP contribution in [0.1, 0.15) is 37.8 Å². The Balaban J connectivity index is 1.84. The molecule has 0 bridgehead atoms. The van der Waals surface area contributed by atoms with Gasteiger partial charge in [-0.3, -0.25) is 9.69 Å². The van der Waals surface area contributed by atoms with Crippen molar-refractivity contribution in [2.45, 2.75) is 45.8 Å². The molecule has 2 rings (SSSR count). The number of carbonyl (C=O) groups is 1. The van der Waals surface area contributed by atoms with E-state index in [1.165, 1.54) is 24.0 Å². The zero-order valence-electron chi connectivity index (χ0n) is 13.2. The van der Waals surface area contributed by atoms with E-state index in [0.717, 1.165) is 19.6 Å². The Morgan fingerprint density at radius 1 is 1.19 bits per heavy atom. The minimum Gasteiger partial charge on any atom is -0.351 e. The molecule has 1 fully saturated rings. The molecule has 1 saturated carbocycles. The van der Waals surface area contributed by atoms with Gasteiger partial charge in [0.2, 0.25) is 5.91 Å². The molecular weight excluding hydrogens is 262 g/mol. The fourth-order valence-corrected chi connectivity index (χ4v) is 2.35. The lowest BCUT2D eigenvalue weighted by Gasteiger charge is -2.20. The van der Waals surface area contributed by atoms with Gasteiger partial charge in [0.05, 0.1) is 6.54 Å². The standard InChI is InChI=1S/C17H27N3O/c1-3-20(4-2)13-15-8-6-5-7-14(15)11-19-17(21)12-18-16-9-10-16/h5-8,16,18H,3-4,9-13H2,1-2H3,(H,19,21). The number of hydrogen-bond acceptors (Lipinski definition) is 3. The van der Waals surface area contributed by atoms with E-state index in [1.807, 2.05) is 6.07 Å². The van der Waals surface area contributed by atoms with Crippen molar-refractivity contribution in [1.29, 1.82) is 0 Å². The second-order valence-electron chi connectivity index (χ2n) is 5.66. The zero-order valence-corrected chi connectivity index (χ0v) is 13.2. The van der Waals surface area contributed by atoms with Gasteiger partial charge in [0.1, 0.15) is 0 Å². The van der Waals surface area contributed by atoms with E-state index < -0.39 is 0 Å². The zero-order chi connectivity index (χ0) is 15.1. The van der Waals surface area contributed by atoms with Crippen LogP contribution in [0.5, 0.6) is 0 Å². The van der Waals surface area contributed by atoms with Crippen LogP contribution >= 0.6 is 0 Å². The molecule has 116 valence electrons. The molecular formula is C17H27N3O. The van der Waals surface area contributed by atoms with Crippen molar-refractivity contribution in [3.8, 4) is 0 Å². The predicted molar refractivity (Wildman–Crippen MR) is 85.9 cm³/mol. The Labute approximate surface area is 127 Å². The van der Waals surface area contributed by atoms with Crippen LogP contribution in [0.2, 0.25) is 0 Å². The summed E-state index contributed by atoms with van der Waals surface area (Å²) in [6, 6.07) is 8.94. The highest BCUT2D eigenvalue weighted by atomic mass is 16.1. The van der Waals surface area contributed by atoms with Crippen molar-refractivity contribution >= 4 is 5.91 Å². The smallest absolute Gasteiger partial charge is 0.234 e. The van der Waals surface area contributed by atoms with Gasteiger partial charge in [0, 0.05) is 19.1 Å². The molecule has 0 heterocycles. The monoisotopic (exact) mass is 289 g/mol. The van der Waals surface area contributed by atoms with E-state index in [2.05, 4.69) is 47.6 Å². The first-order valence-corrected chi connectivity index (χ1v) is 8.02. The second kappa shape index (κ2) is 8.15. The molecule has 1 aliphatic rings. The molecule has 1 aromatic carbocycles. The second-order valence-corrected chi connectivity index (χ2v) is 5.66. The Bertz CT molecular complexity index is 453. The van der Waals surface area contributed by atoms with Gasteiger partial charge in [-0.1, -0.05) is 38.1 Å². The number of nitrogens with one attached hydrogen (secondary N) is 2. The van der Waals surface area contributed by atoms with Crippen molar-refractivity contribution in [3.05, 3.63) is 35.4 Å². The molecule has 0 radical (unpaired) electrons. The molecule has 0 saturated heterocycles. The summed E-state index contributed by atoms with van der Waals surface area (Å²) >= 11 is 0. The number of rotatable bonds is 9. The summed E-state index contributed by atoms with van der Waals surface area (Å²) < 4.78 is 0. The SMILES string of the molecule is CCN(CC)Cc1ccccc1CNC(=O)CNC1CC1. The van der Waals surface area contributed by atoms with E-state index in [9.17, 15) is 4.79 Å². The third kappa shape index (κ3) is 5.48. The average Bonchev–Trinajstić information content (AvgIpc) is 3.33. The van der Waals surface area contributed by atoms with Gasteiger partial charge in [0.15, 0.2) is 0 Å². The minimum atomic E-state index is 0.0829. The summed E-state index contributed by atoms with van der Waals surface area (Å²) in [6.45, 7) is 8.44. The van der Waals surface area contributed by atoms with E-state index in [1.54, 1.807) is 0 Å². The molecule has 0 spiro atoms. The van der Waals surface area contributed by atoms with E-state index in [4.69, 9.17) is 0 Å². The normalized spacial score (nSPS) is 14.4. The predicted octanol–water partition coefficient (Wildman–Crippen LogP) is 1.90. The molecule has 1 aromatic rings. The summed E-state index contributed by atoms with van der Waals surface area (Å²) in [4.78, 5) is 14.2. The molecule has 0 atom stereocenters. The maximum absolute atomic E-state index is 11.8. The highest BCUT2D eigenvalue weighted by molar-refractivity contribution is 5.78. The van der Waals surface area contributed by atoms with Gasteiger partial charge in [-0.2, -0.15) is 0 Å². The van der Waals surface area contributed by atoms with Crippen molar-refractivity contribution in [2.75, 3.05) is 19.6 Å². The van der Waals surface area contributed by atoms with Gasteiger partial charge >= 0.3 is 0 Å². The van der Waals surface area contributed by atoms with Crippen LogP contribution in [0.25, 0.3) is 0 Å². The van der Waals surface area contributed by atoms with Crippen LogP contribution in [0.3, 0.4) is 0 Å². The molecule has 4 nitrogen and oxygen atoms in total. The van der Waals surface area contributed by atoms with Gasteiger partial charge < -0.3 is 10.6 Å². The van der Waals surface area contributed by atoms with E-state index in [0.29, 0.717) is 19.1 Å². The van der Waals surface area contributed by atoms with Crippen LogP contribution in [-0.4, -0.2) is 36.5 Å². The molecule has 1 aliphatic carbocycles. The Morgan fingerprint density at radius 3 is 2.48 bits per heavy atom. The van der Waals surface area contributed by atoms with Gasteiger partial charge in [0.25, 0.3) is 0 Å². The van der Waals surface area contributed by atoms with E-state index in [-0.39, 0.29) is 5.91 Å². The third-order valence-electron chi connectivity index (χ3n) is 4.01. The number of carbonyl (C=O) groups excluding carboxylic acids is 1. The van der Waals surface area contributed by atoms with Crippen molar-refractivity contribution in [3.63, 3.8) is 0 Å². The maximum atomic E-state index is 11.8. The number of hydrogen-bond donors (Lipinski definition) is 2. The van der Waals surface area contributed by atoms with Crippen LogP contribution in [0.4, 0.5) is 0 Å². The van der Waals surface area contributed by atoms with Crippen molar-refractivity contribution in [1.82, 2.24) is 15.5 Å². The summed E-state index contributed by atoms with van der Waals surface area (Å²) in [5.41, 5.74) is 2.51. The molecule has 1 amide bonds. The van der Waals surface area contributed by atoms with Crippen LogP contribution in [-0.2, 0) is 17.9 Å². The highest BCUT2D eigenvalue weighted by Gasteiger charge is 2.21. The summed E-state index contributed by atoms with van der Waals surface area (Å²) in [7, 11) is 0. The summed E-state index contributed by atoms with van der Waals surface area (Å²) in [6.07, 6.45) is 2.42. The van der Waals surface area contributed by atoms with Crippen LogP contribution < -0.4 is 10.6 Å². The number of amides is 1. The van der Waals surface area contributed by atoms with Gasteiger partial charge in [-0.25, -0.2) is 0 Å². The molecule has 0 aromatic heterocycles. The minimum absolute atomic E-state index is 0.0829. The lowest BCUT2D eigenvalue weighted by Crippen LogP contribution is -2.34. The Hall–Kier alpha value is -1.39. The highest BCUT2D eigenvalue weighted by Crippen LogP contribution is 2.18. The van der Waals surface area contributed by atoms with E-state index >= 15 is 0 Å². The van der Waals surface area contributed by atoms with Crippen LogP contribution in [0, 0.1) is 0 Å².